The molecule has 0 aliphatic carbocycles. The highest BCUT2D eigenvalue weighted by molar-refractivity contribution is 5.89. The number of carbonyl (C=O) groups excluding carboxylic acids is 2. The van der Waals surface area contributed by atoms with Crippen LogP contribution in [0.15, 0.2) is 24.3 Å². The molecule has 2 heterocycles. The summed E-state index contributed by atoms with van der Waals surface area (Å²) in [7, 11) is 0. The number of hydrogen-bond donors (Lipinski definition) is 0. The number of nitrogens with zero attached hydrogens (tertiary/aromatic N) is 3. The number of benzene rings is 1. The maximum Gasteiger partial charge on any atom is 0.228 e. The van der Waals surface area contributed by atoms with Crippen LogP contribution in [-0.2, 0) is 9.59 Å². The maximum absolute atomic E-state index is 13.1. The fraction of sp³-hybridized carbons (Fsp3) is 0.556. The first-order valence-corrected chi connectivity index (χ1v) is 8.65. The van der Waals surface area contributed by atoms with Crippen molar-refractivity contribution in [2.45, 2.75) is 19.8 Å². The summed E-state index contributed by atoms with van der Waals surface area (Å²) in [5, 5.41) is 0. The monoisotopic (exact) mass is 333 g/mol. The van der Waals surface area contributed by atoms with Crippen molar-refractivity contribution in [1.82, 2.24) is 9.80 Å². The predicted molar refractivity (Wildman–Crippen MR) is 90.2 cm³/mol. The molecule has 1 atom stereocenters. The lowest BCUT2D eigenvalue weighted by Gasteiger charge is -2.25. The Labute approximate surface area is 142 Å². The molecule has 130 valence electrons. The van der Waals surface area contributed by atoms with Crippen LogP contribution in [0.2, 0.25) is 0 Å². The Kier molecular flexibility index (Phi) is 5.02. The first-order chi connectivity index (χ1) is 11.6. The lowest BCUT2D eigenvalue weighted by molar-refractivity contribution is -0.135. The third-order valence-corrected chi connectivity index (χ3v) is 4.94. The molecule has 2 amide bonds. The molecule has 2 fully saturated rings. The van der Waals surface area contributed by atoms with Crippen LogP contribution in [0, 0.1) is 11.7 Å². The van der Waals surface area contributed by atoms with E-state index < -0.39 is 0 Å². The Hall–Kier alpha value is -2.11. The van der Waals surface area contributed by atoms with E-state index in [1.165, 1.54) is 12.1 Å². The Bertz CT molecular complexity index is 605. The van der Waals surface area contributed by atoms with E-state index >= 15 is 0 Å². The fourth-order valence-corrected chi connectivity index (χ4v) is 3.55. The van der Waals surface area contributed by atoms with E-state index in [9.17, 15) is 14.0 Å². The van der Waals surface area contributed by atoms with Crippen LogP contribution in [0.3, 0.4) is 0 Å². The summed E-state index contributed by atoms with van der Waals surface area (Å²) in [6.07, 6.45) is 1.21. The summed E-state index contributed by atoms with van der Waals surface area (Å²) in [6, 6.07) is 6.49. The molecule has 1 aromatic carbocycles. The average Bonchev–Trinajstić information content (AvgIpc) is 2.81. The second-order valence-electron chi connectivity index (χ2n) is 6.48. The van der Waals surface area contributed by atoms with Gasteiger partial charge in [-0.2, -0.15) is 0 Å². The van der Waals surface area contributed by atoms with Gasteiger partial charge >= 0.3 is 0 Å². The number of halogens is 1. The zero-order valence-electron chi connectivity index (χ0n) is 14.1. The first-order valence-electron chi connectivity index (χ1n) is 8.65. The minimum Gasteiger partial charge on any atom is -0.370 e. The van der Waals surface area contributed by atoms with Crippen LogP contribution >= 0.6 is 0 Å². The van der Waals surface area contributed by atoms with Crippen LogP contribution in [-0.4, -0.2) is 60.9 Å². The van der Waals surface area contributed by atoms with Crippen molar-refractivity contribution in [3.63, 3.8) is 0 Å². The van der Waals surface area contributed by atoms with E-state index in [2.05, 4.69) is 4.90 Å². The third kappa shape index (κ3) is 3.52. The molecular weight excluding hydrogens is 309 g/mol. The molecule has 0 aromatic heterocycles. The molecule has 2 aliphatic rings. The van der Waals surface area contributed by atoms with Gasteiger partial charge in [0, 0.05) is 51.4 Å². The minimum absolute atomic E-state index is 0.0820. The largest absolute Gasteiger partial charge is 0.370 e. The molecule has 6 heteroatoms. The van der Waals surface area contributed by atoms with Gasteiger partial charge < -0.3 is 14.7 Å². The molecule has 0 radical (unpaired) electrons. The van der Waals surface area contributed by atoms with Crippen molar-refractivity contribution in [3.05, 3.63) is 30.1 Å². The molecule has 24 heavy (non-hydrogen) atoms. The van der Waals surface area contributed by atoms with Crippen molar-refractivity contribution < 1.29 is 14.0 Å². The standard InChI is InChI=1S/C18H24FN3O2/c1-2-20-13-14(12-17(20)23)18(24)22-9-3-8-21(10-11-22)16-6-4-15(19)5-7-16/h4-7,14H,2-3,8-13H2,1H3/t14-/m1/s1. The second-order valence-corrected chi connectivity index (χ2v) is 6.48. The Morgan fingerprint density at radius 1 is 1.17 bits per heavy atom. The molecule has 1 aromatic rings. The summed E-state index contributed by atoms with van der Waals surface area (Å²) in [4.78, 5) is 30.4. The maximum atomic E-state index is 13.1. The van der Waals surface area contributed by atoms with Gasteiger partial charge in [-0.05, 0) is 37.6 Å². The summed E-state index contributed by atoms with van der Waals surface area (Å²) in [6.45, 7) is 6.10. The van der Waals surface area contributed by atoms with E-state index in [-0.39, 0.29) is 23.5 Å². The van der Waals surface area contributed by atoms with E-state index in [1.54, 1.807) is 17.0 Å². The number of hydrogen-bond acceptors (Lipinski definition) is 3. The number of rotatable bonds is 3. The zero-order chi connectivity index (χ0) is 17.1. The van der Waals surface area contributed by atoms with E-state index in [4.69, 9.17) is 0 Å². The predicted octanol–water partition coefficient (Wildman–Crippen LogP) is 1.73. The van der Waals surface area contributed by atoms with E-state index in [1.807, 2.05) is 11.8 Å². The van der Waals surface area contributed by atoms with Crippen LogP contribution in [0.5, 0.6) is 0 Å². The summed E-state index contributed by atoms with van der Waals surface area (Å²) in [5.41, 5.74) is 0.985. The van der Waals surface area contributed by atoms with Crippen LogP contribution in [0.1, 0.15) is 19.8 Å². The van der Waals surface area contributed by atoms with E-state index in [0.29, 0.717) is 32.6 Å². The molecule has 0 spiro atoms. The van der Waals surface area contributed by atoms with Gasteiger partial charge in [0.2, 0.25) is 11.8 Å². The summed E-state index contributed by atoms with van der Waals surface area (Å²) < 4.78 is 13.1. The lowest BCUT2D eigenvalue weighted by Crippen LogP contribution is -2.40. The molecule has 5 nitrogen and oxygen atoms in total. The highest BCUT2D eigenvalue weighted by Crippen LogP contribution is 2.22. The summed E-state index contributed by atoms with van der Waals surface area (Å²) in [5.74, 6) is -0.259. The quantitative estimate of drug-likeness (QED) is 0.846. The normalized spacial score (nSPS) is 22.0. The van der Waals surface area contributed by atoms with Gasteiger partial charge in [0.15, 0.2) is 0 Å². The van der Waals surface area contributed by atoms with Gasteiger partial charge in [-0.3, -0.25) is 9.59 Å². The smallest absolute Gasteiger partial charge is 0.228 e. The van der Waals surface area contributed by atoms with Gasteiger partial charge in [-0.1, -0.05) is 0 Å². The van der Waals surface area contributed by atoms with Crippen LogP contribution in [0.4, 0.5) is 10.1 Å². The molecule has 2 aliphatic heterocycles. The number of likely N-dealkylation sites (tertiary alicyclic amines) is 1. The lowest BCUT2D eigenvalue weighted by atomic mass is 10.1. The van der Waals surface area contributed by atoms with Crippen molar-refractivity contribution in [2.75, 3.05) is 44.2 Å². The van der Waals surface area contributed by atoms with Gasteiger partial charge in [-0.25, -0.2) is 4.39 Å². The number of carbonyl (C=O) groups is 2. The molecule has 0 N–H and O–H groups in total. The molecule has 0 unspecified atom stereocenters. The first kappa shape index (κ1) is 16.7. The van der Waals surface area contributed by atoms with Crippen molar-refractivity contribution in [1.29, 1.82) is 0 Å². The molecule has 0 bridgehead atoms. The van der Waals surface area contributed by atoms with Gasteiger partial charge in [0.1, 0.15) is 5.82 Å². The molecule has 0 saturated carbocycles. The van der Waals surface area contributed by atoms with Crippen molar-refractivity contribution >= 4 is 17.5 Å². The average molecular weight is 333 g/mol. The van der Waals surface area contributed by atoms with Crippen LogP contribution in [0.25, 0.3) is 0 Å². The van der Waals surface area contributed by atoms with Gasteiger partial charge in [0.05, 0.1) is 5.92 Å². The topological polar surface area (TPSA) is 43.9 Å². The molecule has 3 rings (SSSR count). The minimum atomic E-state index is -0.239. The Balaban J connectivity index is 1.60. The Morgan fingerprint density at radius 2 is 1.92 bits per heavy atom. The third-order valence-electron chi connectivity index (χ3n) is 4.94. The number of amides is 2. The van der Waals surface area contributed by atoms with Crippen molar-refractivity contribution in [3.8, 4) is 0 Å². The zero-order valence-corrected chi connectivity index (χ0v) is 14.1. The summed E-state index contributed by atoms with van der Waals surface area (Å²) >= 11 is 0. The molecular formula is C18H24FN3O2. The second kappa shape index (κ2) is 7.20. The molecule has 2 saturated heterocycles. The Morgan fingerprint density at radius 3 is 2.58 bits per heavy atom. The van der Waals surface area contributed by atoms with Crippen LogP contribution < -0.4 is 4.90 Å². The fourth-order valence-electron chi connectivity index (χ4n) is 3.55. The van der Waals surface area contributed by atoms with E-state index in [0.717, 1.165) is 25.2 Å². The highest BCUT2D eigenvalue weighted by atomic mass is 19.1. The SMILES string of the molecule is CCN1C[C@H](C(=O)N2CCCN(c3ccc(F)cc3)CC2)CC1=O. The van der Waals surface area contributed by atoms with Crippen molar-refractivity contribution in [2.24, 2.45) is 5.92 Å². The van der Waals surface area contributed by atoms with Gasteiger partial charge in [-0.15, -0.1) is 0 Å². The van der Waals surface area contributed by atoms with Gasteiger partial charge in [0.25, 0.3) is 0 Å². The number of anilines is 1. The highest BCUT2D eigenvalue weighted by Gasteiger charge is 2.36.